The first-order valence-corrected chi connectivity index (χ1v) is 8.99. The van der Waals surface area contributed by atoms with E-state index in [1.165, 1.54) is 0 Å². The van der Waals surface area contributed by atoms with Crippen LogP contribution in [0.4, 0.5) is 5.13 Å². The Morgan fingerprint density at radius 1 is 1.46 bits per heavy atom. The predicted octanol–water partition coefficient (Wildman–Crippen LogP) is 1.07. The summed E-state index contributed by atoms with van der Waals surface area (Å²) >= 11 is 1.62. The van der Waals surface area contributed by atoms with Crippen molar-refractivity contribution in [2.45, 2.75) is 13.0 Å². The molecule has 0 aromatic carbocycles. The van der Waals surface area contributed by atoms with Crippen LogP contribution in [0.2, 0.25) is 0 Å². The molecule has 0 unspecified atom stereocenters. The average molecular weight is 347 g/mol. The summed E-state index contributed by atoms with van der Waals surface area (Å²) < 4.78 is 7.78. The zero-order valence-corrected chi connectivity index (χ0v) is 14.6. The number of fused-ring (bicyclic) bond motifs is 1. The van der Waals surface area contributed by atoms with Gasteiger partial charge in [0.15, 0.2) is 0 Å². The molecule has 128 valence electrons. The zero-order chi connectivity index (χ0) is 16.7. The molecule has 0 saturated carbocycles. The molecule has 0 bridgehead atoms. The highest BCUT2D eigenvalue weighted by molar-refractivity contribution is 7.15. The van der Waals surface area contributed by atoms with E-state index in [9.17, 15) is 4.79 Å². The Morgan fingerprint density at radius 2 is 2.33 bits per heavy atom. The van der Waals surface area contributed by atoms with E-state index >= 15 is 0 Å². The Balaban J connectivity index is 1.36. The fourth-order valence-corrected chi connectivity index (χ4v) is 4.30. The number of anilines is 1. The zero-order valence-electron chi connectivity index (χ0n) is 13.8. The molecule has 8 heteroatoms. The standard InChI is InChI=1S/C16H21N5O2S/c1-10-18-19-16(24-10)21-7-12-11(9-23-14(12)8-21)6-17-15(22)13-4-3-5-20(13)2/h3-5,11-12,14H,6-9H2,1-2H3,(H,17,22)/t11-,12-,14-/m1/s1. The van der Waals surface area contributed by atoms with Crippen molar-refractivity contribution in [2.75, 3.05) is 31.1 Å². The first-order chi connectivity index (χ1) is 11.6. The SMILES string of the molecule is Cc1nnc(N2C[C@@H]3[C@H](CNC(=O)c4cccn4C)CO[C@@H]3C2)s1. The fraction of sp³-hybridized carbons (Fsp3) is 0.562. The molecule has 0 aliphatic carbocycles. The van der Waals surface area contributed by atoms with Crippen LogP contribution in [0.25, 0.3) is 0 Å². The molecule has 2 aromatic heterocycles. The van der Waals surface area contributed by atoms with Crippen molar-refractivity contribution in [1.29, 1.82) is 0 Å². The minimum absolute atomic E-state index is 0.0273. The molecule has 0 spiro atoms. The molecule has 2 aliphatic heterocycles. The predicted molar refractivity (Wildman–Crippen MR) is 91.3 cm³/mol. The summed E-state index contributed by atoms with van der Waals surface area (Å²) in [4.78, 5) is 14.5. The molecule has 1 amide bonds. The molecule has 4 rings (SSSR count). The Hall–Kier alpha value is -1.93. The summed E-state index contributed by atoms with van der Waals surface area (Å²) in [5, 5.41) is 13.3. The normalized spacial score (nSPS) is 25.9. The van der Waals surface area contributed by atoms with E-state index in [4.69, 9.17) is 4.74 Å². The van der Waals surface area contributed by atoms with Crippen LogP contribution < -0.4 is 10.2 Å². The maximum atomic E-state index is 12.3. The van der Waals surface area contributed by atoms with Gasteiger partial charge in [-0.05, 0) is 19.1 Å². The van der Waals surface area contributed by atoms with E-state index in [-0.39, 0.29) is 12.0 Å². The van der Waals surface area contributed by atoms with E-state index in [0.29, 0.717) is 30.7 Å². The lowest BCUT2D eigenvalue weighted by atomic mass is 9.93. The lowest BCUT2D eigenvalue weighted by Crippen LogP contribution is -2.35. The molecule has 24 heavy (non-hydrogen) atoms. The van der Waals surface area contributed by atoms with Gasteiger partial charge in [0.05, 0.1) is 12.7 Å². The van der Waals surface area contributed by atoms with E-state index < -0.39 is 0 Å². The molecule has 7 nitrogen and oxygen atoms in total. The van der Waals surface area contributed by atoms with Crippen molar-refractivity contribution >= 4 is 22.4 Å². The third-order valence-electron chi connectivity index (χ3n) is 4.93. The molecular weight excluding hydrogens is 326 g/mol. The van der Waals surface area contributed by atoms with Crippen LogP contribution in [0.5, 0.6) is 0 Å². The molecule has 3 atom stereocenters. The van der Waals surface area contributed by atoms with Gasteiger partial charge in [-0.3, -0.25) is 4.79 Å². The van der Waals surface area contributed by atoms with Gasteiger partial charge in [0.25, 0.3) is 5.91 Å². The number of aryl methyl sites for hydroxylation is 2. The molecule has 0 radical (unpaired) electrons. The number of carbonyl (C=O) groups excluding carboxylic acids is 1. The van der Waals surface area contributed by atoms with E-state index in [0.717, 1.165) is 23.2 Å². The lowest BCUT2D eigenvalue weighted by molar-refractivity contribution is 0.0932. The number of carbonyl (C=O) groups is 1. The molecule has 2 saturated heterocycles. The summed E-state index contributed by atoms with van der Waals surface area (Å²) in [6.45, 7) is 5.11. The maximum absolute atomic E-state index is 12.3. The van der Waals surface area contributed by atoms with E-state index in [1.807, 2.05) is 36.9 Å². The molecule has 2 aromatic rings. The van der Waals surface area contributed by atoms with Crippen molar-refractivity contribution < 1.29 is 9.53 Å². The van der Waals surface area contributed by atoms with Crippen molar-refractivity contribution in [3.05, 3.63) is 29.0 Å². The van der Waals surface area contributed by atoms with Gasteiger partial charge in [0.2, 0.25) is 5.13 Å². The number of nitrogens with zero attached hydrogens (tertiary/aromatic N) is 4. The second kappa shape index (κ2) is 6.18. The second-order valence-corrected chi connectivity index (χ2v) is 7.68. The lowest BCUT2D eigenvalue weighted by Gasteiger charge is -2.19. The number of rotatable bonds is 4. The number of ether oxygens (including phenoxy) is 1. The largest absolute Gasteiger partial charge is 0.376 e. The average Bonchev–Trinajstić information content (AvgIpc) is 3.29. The highest BCUT2D eigenvalue weighted by atomic mass is 32.1. The van der Waals surface area contributed by atoms with Crippen LogP contribution in [0.3, 0.4) is 0 Å². The van der Waals surface area contributed by atoms with Crippen LogP contribution in [-0.2, 0) is 11.8 Å². The number of hydrogen-bond acceptors (Lipinski definition) is 6. The van der Waals surface area contributed by atoms with Crippen LogP contribution >= 0.6 is 11.3 Å². The van der Waals surface area contributed by atoms with Crippen LogP contribution in [0.1, 0.15) is 15.5 Å². The van der Waals surface area contributed by atoms with Crippen LogP contribution in [0.15, 0.2) is 18.3 Å². The smallest absolute Gasteiger partial charge is 0.267 e. The number of amides is 1. The second-order valence-electron chi connectivity index (χ2n) is 6.52. The summed E-state index contributed by atoms with van der Waals surface area (Å²) in [6, 6.07) is 3.71. The van der Waals surface area contributed by atoms with Gasteiger partial charge in [-0.1, -0.05) is 11.3 Å². The van der Waals surface area contributed by atoms with Gasteiger partial charge in [-0.15, -0.1) is 10.2 Å². The Kier molecular flexibility index (Phi) is 4.01. The van der Waals surface area contributed by atoms with E-state index in [1.54, 1.807) is 11.3 Å². The first kappa shape index (κ1) is 15.6. The molecule has 2 fully saturated rings. The van der Waals surface area contributed by atoms with Gasteiger partial charge in [0.1, 0.15) is 10.7 Å². The van der Waals surface area contributed by atoms with Crippen molar-refractivity contribution in [1.82, 2.24) is 20.1 Å². The maximum Gasteiger partial charge on any atom is 0.267 e. The van der Waals surface area contributed by atoms with Gasteiger partial charge >= 0.3 is 0 Å². The Morgan fingerprint density at radius 3 is 3.04 bits per heavy atom. The summed E-state index contributed by atoms with van der Waals surface area (Å²) in [5.41, 5.74) is 0.683. The van der Waals surface area contributed by atoms with Crippen molar-refractivity contribution in [3.8, 4) is 0 Å². The molecule has 4 heterocycles. The number of hydrogen-bond donors (Lipinski definition) is 1. The van der Waals surface area contributed by atoms with E-state index in [2.05, 4.69) is 20.4 Å². The van der Waals surface area contributed by atoms with Crippen molar-refractivity contribution in [2.24, 2.45) is 18.9 Å². The highest BCUT2D eigenvalue weighted by Crippen LogP contribution is 2.36. The van der Waals surface area contributed by atoms with Crippen LogP contribution in [-0.4, -0.2) is 53.0 Å². The van der Waals surface area contributed by atoms with Gasteiger partial charge in [-0.25, -0.2) is 0 Å². The fourth-order valence-electron chi connectivity index (χ4n) is 3.59. The third-order valence-corrected chi connectivity index (χ3v) is 5.83. The summed E-state index contributed by atoms with van der Waals surface area (Å²) in [6.07, 6.45) is 2.11. The number of nitrogens with one attached hydrogen (secondary N) is 1. The highest BCUT2D eigenvalue weighted by Gasteiger charge is 2.44. The number of aromatic nitrogens is 3. The van der Waals surface area contributed by atoms with Crippen molar-refractivity contribution in [3.63, 3.8) is 0 Å². The monoisotopic (exact) mass is 347 g/mol. The van der Waals surface area contributed by atoms with Crippen LogP contribution in [0, 0.1) is 18.8 Å². The Labute approximate surface area is 144 Å². The van der Waals surface area contributed by atoms with Gasteiger partial charge < -0.3 is 19.5 Å². The van der Waals surface area contributed by atoms with Gasteiger partial charge in [-0.2, -0.15) is 0 Å². The minimum atomic E-state index is -0.0273. The third kappa shape index (κ3) is 2.80. The molecular formula is C16H21N5O2S. The molecule has 1 N–H and O–H groups in total. The Bertz CT molecular complexity index is 742. The topological polar surface area (TPSA) is 72.3 Å². The first-order valence-electron chi connectivity index (χ1n) is 8.18. The summed E-state index contributed by atoms with van der Waals surface area (Å²) in [5.74, 6) is 0.752. The quantitative estimate of drug-likeness (QED) is 0.896. The van der Waals surface area contributed by atoms with Gasteiger partial charge in [0, 0.05) is 44.7 Å². The molecule has 2 aliphatic rings. The minimum Gasteiger partial charge on any atom is -0.376 e. The summed E-state index contributed by atoms with van der Waals surface area (Å²) in [7, 11) is 1.88.